The topological polar surface area (TPSA) is 35.5 Å². The molecule has 1 aromatic rings. The zero-order valence-electron chi connectivity index (χ0n) is 7.49. The molecule has 1 aliphatic heterocycles. The van der Waals surface area contributed by atoms with Crippen molar-refractivity contribution in [3.8, 4) is 0 Å². The van der Waals surface area contributed by atoms with Crippen molar-refractivity contribution in [1.29, 1.82) is 0 Å². The van der Waals surface area contributed by atoms with E-state index in [0.717, 1.165) is 10.4 Å². The van der Waals surface area contributed by atoms with Gasteiger partial charge in [0.25, 0.3) is 0 Å². The Morgan fingerprint density at radius 3 is 3.23 bits per heavy atom. The van der Waals surface area contributed by atoms with Gasteiger partial charge < -0.3 is 9.47 Å². The van der Waals surface area contributed by atoms with E-state index in [1.165, 1.54) is 7.11 Å². The van der Waals surface area contributed by atoms with E-state index in [9.17, 15) is 4.79 Å². The fraction of sp³-hybridized carbons (Fsp3) is 0.444. The first-order valence-electron chi connectivity index (χ1n) is 4.04. The van der Waals surface area contributed by atoms with Gasteiger partial charge in [0.1, 0.15) is 0 Å². The minimum atomic E-state index is -0.269. The fourth-order valence-electron chi connectivity index (χ4n) is 1.52. The molecule has 0 aromatic carbocycles. The maximum atomic E-state index is 11.3. The Balaban J connectivity index is 2.43. The predicted octanol–water partition coefficient (Wildman–Crippen LogP) is 2.13. The third-order valence-electron chi connectivity index (χ3n) is 2.19. The van der Waals surface area contributed by atoms with Crippen LogP contribution in [0.1, 0.15) is 33.8 Å². The van der Waals surface area contributed by atoms with Crippen LogP contribution in [0.5, 0.6) is 0 Å². The van der Waals surface area contributed by atoms with E-state index < -0.39 is 0 Å². The molecule has 1 aliphatic rings. The largest absolute Gasteiger partial charge is 0.465 e. The number of methoxy groups -OCH3 is 1. The summed E-state index contributed by atoms with van der Waals surface area (Å²) in [6, 6.07) is 0. The number of esters is 1. The third-order valence-corrected chi connectivity index (χ3v) is 3.16. The SMILES string of the molecule is COC(=O)c1csc2c1C(C)OC2. The van der Waals surface area contributed by atoms with E-state index in [-0.39, 0.29) is 12.1 Å². The van der Waals surface area contributed by atoms with Crippen molar-refractivity contribution in [2.45, 2.75) is 19.6 Å². The van der Waals surface area contributed by atoms with E-state index in [4.69, 9.17) is 4.74 Å². The average molecular weight is 198 g/mol. The number of carbonyl (C=O) groups excluding carboxylic acids is 1. The molecule has 70 valence electrons. The molecule has 3 nitrogen and oxygen atoms in total. The zero-order valence-corrected chi connectivity index (χ0v) is 8.31. The van der Waals surface area contributed by atoms with Gasteiger partial charge in [-0.25, -0.2) is 4.79 Å². The molecule has 4 heteroatoms. The standard InChI is InChI=1S/C9H10O3S/c1-5-8-6(9(10)11-2)4-13-7(8)3-12-5/h4-5H,3H2,1-2H3. The third kappa shape index (κ3) is 1.26. The van der Waals surface area contributed by atoms with Crippen LogP contribution < -0.4 is 0 Å². The summed E-state index contributed by atoms with van der Waals surface area (Å²) >= 11 is 1.56. The Morgan fingerprint density at radius 1 is 1.77 bits per heavy atom. The molecule has 0 saturated heterocycles. The highest BCUT2D eigenvalue weighted by atomic mass is 32.1. The summed E-state index contributed by atoms with van der Waals surface area (Å²) in [5, 5.41) is 1.84. The highest BCUT2D eigenvalue weighted by Gasteiger charge is 2.27. The molecule has 0 aliphatic carbocycles. The Bertz CT molecular complexity index is 343. The lowest BCUT2D eigenvalue weighted by molar-refractivity contribution is 0.0582. The van der Waals surface area contributed by atoms with Crippen LogP contribution in [0.3, 0.4) is 0 Å². The Kier molecular flexibility index (Phi) is 2.09. The predicted molar refractivity (Wildman–Crippen MR) is 48.9 cm³/mol. The monoisotopic (exact) mass is 198 g/mol. The summed E-state index contributed by atoms with van der Waals surface area (Å²) < 4.78 is 10.1. The summed E-state index contributed by atoms with van der Waals surface area (Å²) in [5.41, 5.74) is 1.67. The zero-order chi connectivity index (χ0) is 9.42. The van der Waals surface area contributed by atoms with Gasteiger partial charge in [-0.2, -0.15) is 0 Å². The molecule has 0 bridgehead atoms. The van der Waals surface area contributed by atoms with E-state index in [0.29, 0.717) is 12.2 Å². The van der Waals surface area contributed by atoms with Crippen molar-refractivity contribution >= 4 is 17.3 Å². The molecule has 0 fully saturated rings. The molecule has 2 rings (SSSR count). The van der Waals surface area contributed by atoms with Gasteiger partial charge in [-0.3, -0.25) is 0 Å². The number of thiophene rings is 1. The van der Waals surface area contributed by atoms with Gasteiger partial charge >= 0.3 is 5.97 Å². The van der Waals surface area contributed by atoms with Crippen LogP contribution >= 0.6 is 11.3 Å². The quantitative estimate of drug-likeness (QED) is 0.648. The second kappa shape index (κ2) is 3.12. The number of fused-ring (bicyclic) bond motifs is 1. The van der Waals surface area contributed by atoms with Crippen molar-refractivity contribution < 1.29 is 14.3 Å². The van der Waals surface area contributed by atoms with Gasteiger partial charge in [0.05, 0.1) is 25.4 Å². The molecule has 1 atom stereocenters. The first kappa shape index (κ1) is 8.72. The van der Waals surface area contributed by atoms with Crippen LogP contribution in [0.25, 0.3) is 0 Å². The summed E-state index contributed by atoms with van der Waals surface area (Å²) in [4.78, 5) is 12.5. The molecule has 0 spiro atoms. The number of carbonyl (C=O) groups is 1. The fourth-order valence-corrected chi connectivity index (χ4v) is 2.54. The molecular formula is C9H10O3S. The lowest BCUT2D eigenvalue weighted by Crippen LogP contribution is -2.04. The molecule has 1 unspecified atom stereocenters. The molecular weight excluding hydrogens is 188 g/mol. The van der Waals surface area contributed by atoms with Crippen LogP contribution in [-0.2, 0) is 16.1 Å². The minimum absolute atomic E-state index is 0.0235. The van der Waals surface area contributed by atoms with E-state index in [1.807, 2.05) is 12.3 Å². The molecule has 1 aromatic heterocycles. The Morgan fingerprint density at radius 2 is 2.54 bits per heavy atom. The van der Waals surface area contributed by atoms with Gasteiger partial charge in [-0.15, -0.1) is 11.3 Å². The normalized spacial score (nSPS) is 20.0. The van der Waals surface area contributed by atoms with E-state index in [1.54, 1.807) is 11.3 Å². The van der Waals surface area contributed by atoms with Crippen molar-refractivity contribution in [2.75, 3.05) is 7.11 Å². The van der Waals surface area contributed by atoms with Gasteiger partial charge in [0.15, 0.2) is 0 Å². The molecule has 0 saturated carbocycles. The molecule has 0 N–H and O–H groups in total. The number of ether oxygens (including phenoxy) is 2. The van der Waals surface area contributed by atoms with Crippen LogP contribution in [-0.4, -0.2) is 13.1 Å². The van der Waals surface area contributed by atoms with Gasteiger partial charge in [-0.05, 0) is 6.92 Å². The summed E-state index contributed by atoms with van der Waals surface area (Å²) in [6.45, 7) is 2.57. The van der Waals surface area contributed by atoms with Crippen molar-refractivity contribution in [1.82, 2.24) is 0 Å². The smallest absolute Gasteiger partial charge is 0.339 e. The summed E-state index contributed by atoms with van der Waals surface area (Å²) in [5.74, 6) is -0.269. The Labute approximate surface area is 80.3 Å². The first-order valence-corrected chi connectivity index (χ1v) is 4.92. The van der Waals surface area contributed by atoms with Gasteiger partial charge in [0, 0.05) is 15.8 Å². The average Bonchev–Trinajstić information content (AvgIpc) is 2.68. The highest BCUT2D eigenvalue weighted by molar-refractivity contribution is 7.10. The molecule has 2 heterocycles. The number of hydrogen-bond donors (Lipinski definition) is 0. The van der Waals surface area contributed by atoms with Crippen LogP contribution in [0.15, 0.2) is 5.38 Å². The molecule has 0 amide bonds. The van der Waals surface area contributed by atoms with E-state index in [2.05, 4.69) is 4.74 Å². The number of hydrogen-bond acceptors (Lipinski definition) is 4. The maximum Gasteiger partial charge on any atom is 0.339 e. The lowest BCUT2D eigenvalue weighted by atomic mass is 10.1. The van der Waals surface area contributed by atoms with Crippen molar-refractivity contribution in [3.05, 3.63) is 21.4 Å². The van der Waals surface area contributed by atoms with Gasteiger partial charge in [0.2, 0.25) is 0 Å². The first-order chi connectivity index (χ1) is 6.24. The maximum absolute atomic E-state index is 11.3. The van der Waals surface area contributed by atoms with Crippen LogP contribution in [0, 0.1) is 0 Å². The Hall–Kier alpha value is -0.870. The van der Waals surface area contributed by atoms with Crippen molar-refractivity contribution in [2.24, 2.45) is 0 Å². The van der Waals surface area contributed by atoms with Crippen LogP contribution in [0.2, 0.25) is 0 Å². The second-order valence-corrected chi connectivity index (χ2v) is 3.90. The van der Waals surface area contributed by atoms with Gasteiger partial charge in [-0.1, -0.05) is 0 Å². The summed E-state index contributed by atoms with van der Waals surface area (Å²) in [6.07, 6.45) is 0.0235. The van der Waals surface area contributed by atoms with Crippen LogP contribution in [0.4, 0.5) is 0 Å². The van der Waals surface area contributed by atoms with E-state index >= 15 is 0 Å². The highest BCUT2D eigenvalue weighted by Crippen LogP contribution is 2.37. The second-order valence-electron chi connectivity index (χ2n) is 2.93. The lowest BCUT2D eigenvalue weighted by Gasteiger charge is -2.04. The molecule has 0 radical (unpaired) electrons. The number of rotatable bonds is 1. The minimum Gasteiger partial charge on any atom is -0.465 e. The molecule has 13 heavy (non-hydrogen) atoms. The van der Waals surface area contributed by atoms with Crippen molar-refractivity contribution in [3.63, 3.8) is 0 Å². The summed E-state index contributed by atoms with van der Waals surface area (Å²) in [7, 11) is 1.40.